The van der Waals surface area contributed by atoms with Crippen molar-refractivity contribution in [1.82, 2.24) is 0 Å². The van der Waals surface area contributed by atoms with Crippen LogP contribution in [0, 0.1) is 5.82 Å². The van der Waals surface area contributed by atoms with Crippen molar-refractivity contribution < 1.29 is 37.2 Å². The lowest BCUT2D eigenvalue weighted by Crippen LogP contribution is -2.36. The third-order valence-electron chi connectivity index (χ3n) is 3.44. The number of fused-ring (bicyclic) bond motifs is 1. The third-order valence-corrected chi connectivity index (χ3v) is 4.29. The van der Waals surface area contributed by atoms with Gasteiger partial charge in [-0.1, -0.05) is 6.07 Å². The first-order chi connectivity index (χ1) is 10.6. The lowest BCUT2D eigenvalue weighted by molar-refractivity contribution is -0.116. The fourth-order valence-electron chi connectivity index (χ4n) is 2.51. The van der Waals surface area contributed by atoms with Gasteiger partial charge < -0.3 is 14.8 Å². The van der Waals surface area contributed by atoms with E-state index in [2.05, 4.69) is 0 Å². The average molecular weight is 344 g/mol. The standard InChI is InChI=1S/C13H14BFO7S/c1-23(20,21)6-9(16)5-8-4-7-2-3-10(15)11(13(17)18)12(7)22-14(8)19/h2-3,8,19H,4-6H2,1H3,(H,17,18)/t8-/m1/s1. The third kappa shape index (κ3) is 4.08. The van der Waals surface area contributed by atoms with Gasteiger partial charge in [0.25, 0.3) is 0 Å². The van der Waals surface area contributed by atoms with Gasteiger partial charge in [-0.3, -0.25) is 4.79 Å². The topological polar surface area (TPSA) is 118 Å². The summed E-state index contributed by atoms with van der Waals surface area (Å²) in [5.41, 5.74) is -0.339. The second-order valence-corrected chi connectivity index (χ2v) is 7.64. The summed E-state index contributed by atoms with van der Waals surface area (Å²) in [6.07, 6.45) is 0.760. The molecule has 0 aromatic heterocycles. The van der Waals surface area contributed by atoms with Gasteiger partial charge in [0.15, 0.2) is 9.84 Å². The molecule has 0 spiro atoms. The van der Waals surface area contributed by atoms with Crippen molar-refractivity contribution >= 4 is 28.7 Å². The van der Waals surface area contributed by atoms with Crippen LogP contribution in [0.2, 0.25) is 5.82 Å². The zero-order valence-corrected chi connectivity index (χ0v) is 13.0. The minimum Gasteiger partial charge on any atom is -0.535 e. The SMILES string of the molecule is CS(=O)(=O)CC(=O)C[C@H]1Cc2ccc(F)c(C(=O)O)c2OB1O. The van der Waals surface area contributed by atoms with Gasteiger partial charge in [0, 0.05) is 18.5 Å². The van der Waals surface area contributed by atoms with Gasteiger partial charge in [0.2, 0.25) is 0 Å². The highest BCUT2D eigenvalue weighted by Crippen LogP contribution is 2.37. The summed E-state index contributed by atoms with van der Waals surface area (Å²) in [4.78, 5) is 22.8. The number of ketones is 1. The molecule has 0 saturated heterocycles. The van der Waals surface area contributed by atoms with Crippen LogP contribution >= 0.6 is 0 Å². The molecule has 1 aliphatic rings. The highest BCUT2D eigenvalue weighted by Gasteiger charge is 2.38. The average Bonchev–Trinajstić information content (AvgIpc) is 2.37. The molecule has 0 radical (unpaired) electrons. The fourth-order valence-corrected chi connectivity index (χ4v) is 3.22. The van der Waals surface area contributed by atoms with E-state index in [1.54, 1.807) is 0 Å². The number of hydrogen-bond donors (Lipinski definition) is 2. The van der Waals surface area contributed by atoms with Gasteiger partial charge in [0.05, 0.1) is 0 Å². The van der Waals surface area contributed by atoms with Crippen LogP contribution in [0.4, 0.5) is 4.39 Å². The Morgan fingerprint density at radius 2 is 2.09 bits per heavy atom. The minimum absolute atomic E-state index is 0.0760. The van der Waals surface area contributed by atoms with Gasteiger partial charge in [-0.2, -0.15) is 0 Å². The van der Waals surface area contributed by atoms with Crippen molar-refractivity contribution in [2.24, 2.45) is 0 Å². The van der Waals surface area contributed by atoms with Gasteiger partial charge >= 0.3 is 13.1 Å². The van der Waals surface area contributed by atoms with Crippen LogP contribution in [0.25, 0.3) is 0 Å². The van der Waals surface area contributed by atoms with Crippen LogP contribution < -0.4 is 4.65 Å². The van der Waals surface area contributed by atoms with E-state index in [0.717, 1.165) is 12.3 Å². The molecule has 7 nitrogen and oxygen atoms in total. The molecule has 2 N–H and O–H groups in total. The lowest BCUT2D eigenvalue weighted by atomic mass is 9.64. The van der Waals surface area contributed by atoms with Crippen LogP contribution in [-0.2, 0) is 21.1 Å². The second kappa shape index (κ2) is 6.28. The number of carbonyl (C=O) groups excluding carboxylic acids is 1. The van der Waals surface area contributed by atoms with Crippen LogP contribution in [0.15, 0.2) is 12.1 Å². The van der Waals surface area contributed by atoms with Crippen molar-refractivity contribution in [1.29, 1.82) is 0 Å². The normalized spacial score (nSPS) is 17.3. The van der Waals surface area contributed by atoms with E-state index in [1.807, 2.05) is 0 Å². The Morgan fingerprint density at radius 3 is 2.65 bits per heavy atom. The summed E-state index contributed by atoms with van der Waals surface area (Å²) in [6, 6.07) is 2.29. The Bertz CT molecular complexity index is 762. The van der Waals surface area contributed by atoms with Crippen molar-refractivity contribution in [3.05, 3.63) is 29.1 Å². The Kier molecular flexibility index (Phi) is 4.76. The van der Waals surface area contributed by atoms with E-state index in [0.29, 0.717) is 5.56 Å². The van der Waals surface area contributed by atoms with E-state index in [4.69, 9.17) is 9.76 Å². The van der Waals surface area contributed by atoms with Crippen LogP contribution in [0.3, 0.4) is 0 Å². The van der Waals surface area contributed by atoms with E-state index >= 15 is 0 Å². The van der Waals surface area contributed by atoms with Gasteiger partial charge in [0.1, 0.15) is 28.7 Å². The zero-order valence-electron chi connectivity index (χ0n) is 12.2. The largest absolute Gasteiger partial charge is 0.535 e. The monoisotopic (exact) mass is 344 g/mol. The molecule has 1 aliphatic heterocycles. The quantitative estimate of drug-likeness (QED) is 0.738. The molecule has 1 heterocycles. The molecule has 23 heavy (non-hydrogen) atoms. The number of hydrogen-bond acceptors (Lipinski definition) is 6. The number of aromatic carboxylic acids is 1. The summed E-state index contributed by atoms with van der Waals surface area (Å²) in [7, 11) is -5.00. The molecule has 1 aromatic carbocycles. The number of carbonyl (C=O) groups is 2. The Hall–Kier alpha value is -1.94. The Labute approximate surface area is 132 Å². The molecule has 124 valence electrons. The Balaban J connectivity index is 2.23. The zero-order chi connectivity index (χ0) is 17.4. The minimum atomic E-state index is -3.47. The highest BCUT2D eigenvalue weighted by atomic mass is 32.2. The molecule has 0 bridgehead atoms. The molecule has 0 aliphatic carbocycles. The van der Waals surface area contributed by atoms with Crippen molar-refractivity contribution in [3.8, 4) is 5.75 Å². The first kappa shape index (κ1) is 17.4. The molecule has 1 aromatic rings. The molecular weight excluding hydrogens is 330 g/mol. The van der Waals surface area contributed by atoms with Crippen LogP contribution in [0.5, 0.6) is 5.75 Å². The number of Topliss-reactive ketones (excluding diaryl/α,β-unsaturated/α-hetero) is 1. The molecular formula is C13H14BFO7S. The summed E-state index contributed by atoms with van der Waals surface area (Å²) in [5, 5.41) is 18.9. The van der Waals surface area contributed by atoms with E-state index in [9.17, 15) is 27.4 Å². The fraction of sp³-hybridized carbons (Fsp3) is 0.385. The first-order valence-corrected chi connectivity index (χ1v) is 8.73. The summed E-state index contributed by atoms with van der Waals surface area (Å²) >= 11 is 0. The molecule has 0 saturated carbocycles. The molecule has 1 atom stereocenters. The summed E-state index contributed by atoms with van der Waals surface area (Å²) in [6.45, 7) is 0. The van der Waals surface area contributed by atoms with Crippen molar-refractivity contribution in [2.75, 3.05) is 12.0 Å². The maximum Gasteiger partial charge on any atom is 0.526 e. The predicted molar refractivity (Wildman–Crippen MR) is 78.7 cm³/mol. The molecule has 0 amide bonds. The molecule has 0 fully saturated rings. The van der Waals surface area contributed by atoms with Crippen LogP contribution in [0.1, 0.15) is 22.3 Å². The second-order valence-electron chi connectivity index (χ2n) is 5.50. The summed E-state index contributed by atoms with van der Waals surface area (Å²) in [5.74, 6) is -4.74. The number of benzene rings is 1. The maximum absolute atomic E-state index is 13.6. The van der Waals surface area contributed by atoms with Gasteiger partial charge in [-0.05, 0) is 18.1 Å². The van der Waals surface area contributed by atoms with E-state index < -0.39 is 51.7 Å². The number of sulfone groups is 1. The lowest BCUT2D eigenvalue weighted by Gasteiger charge is -2.28. The molecule has 10 heteroatoms. The van der Waals surface area contributed by atoms with Gasteiger partial charge in [-0.25, -0.2) is 17.6 Å². The molecule has 2 rings (SSSR count). The smallest absolute Gasteiger partial charge is 0.526 e. The highest BCUT2D eigenvalue weighted by molar-refractivity contribution is 7.91. The number of carboxylic acids is 1. The first-order valence-electron chi connectivity index (χ1n) is 6.67. The van der Waals surface area contributed by atoms with Crippen molar-refractivity contribution in [3.63, 3.8) is 0 Å². The number of rotatable bonds is 5. The number of carboxylic acid groups (broad SMARTS) is 1. The van der Waals surface area contributed by atoms with E-state index in [-0.39, 0.29) is 18.6 Å². The Morgan fingerprint density at radius 1 is 1.43 bits per heavy atom. The van der Waals surface area contributed by atoms with Crippen molar-refractivity contribution in [2.45, 2.75) is 18.7 Å². The van der Waals surface area contributed by atoms with Gasteiger partial charge in [-0.15, -0.1) is 0 Å². The van der Waals surface area contributed by atoms with E-state index in [1.165, 1.54) is 6.07 Å². The summed E-state index contributed by atoms with van der Waals surface area (Å²) < 4.78 is 40.9. The predicted octanol–water partition coefficient (Wildman–Crippen LogP) is 0.313. The maximum atomic E-state index is 13.6. The van der Waals surface area contributed by atoms with Crippen LogP contribution in [-0.4, -0.2) is 49.4 Å². The molecule has 0 unspecified atom stereocenters. The number of halogens is 1.